The lowest BCUT2D eigenvalue weighted by Crippen LogP contribution is -2.33. The second-order valence-corrected chi connectivity index (χ2v) is 4.78. The molecule has 2 atom stereocenters. The Morgan fingerprint density at radius 1 is 1.04 bits per heavy atom. The summed E-state index contributed by atoms with van der Waals surface area (Å²) in [5.74, 6) is -1.51. The van der Waals surface area contributed by atoms with E-state index in [0.717, 1.165) is 0 Å². The number of benzene rings is 2. The van der Waals surface area contributed by atoms with Gasteiger partial charge in [-0.05, 0) is 23.2 Å². The van der Waals surface area contributed by atoms with Crippen molar-refractivity contribution in [1.82, 2.24) is 0 Å². The van der Waals surface area contributed by atoms with Gasteiger partial charge in [-0.1, -0.05) is 53.6 Å². The fourth-order valence-electron chi connectivity index (χ4n) is 2.12. The Kier molecular flexibility index (Phi) is 5.94. The second kappa shape index (κ2) is 8.36. The summed E-state index contributed by atoms with van der Waals surface area (Å²) in [6, 6.07) is 15.8. The van der Waals surface area contributed by atoms with Crippen LogP contribution in [0.5, 0.6) is 0 Å². The quantitative estimate of drug-likeness (QED) is 0.351. The van der Waals surface area contributed by atoms with Crippen LogP contribution in [-0.4, -0.2) is 25.2 Å². The zero-order valence-corrected chi connectivity index (χ0v) is 12.9. The van der Waals surface area contributed by atoms with Gasteiger partial charge >= 0.3 is 11.9 Å². The Bertz CT molecular complexity index is 743. The molecule has 0 saturated heterocycles. The van der Waals surface area contributed by atoms with Gasteiger partial charge in [-0.25, -0.2) is 9.59 Å². The lowest BCUT2D eigenvalue weighted by atomic mass is 10.0. The van der Waals surface area contributed by atoms with Gasteiger partial charge < -0.3 is 9.47 Å². The smallest absolute Gasteiger partial charge is 0.347 e. The van der Waals surface area contributed by atoms with Crippen molar-refractivity contribution in [2.45, 2.75) is 12.1 Å². The van der Waals surface area contributed by atoms with Crippen LogP contribution in [0.25, 0.3) is 10.4 Å². The van der Waals surface area contributed by atoms with Crippen molar-refractivity contribution in [1.29, 1.82) is 0 Å². The highest BCUT2D eigenvalue weighted by atomic mass is 16.6. The van der Waals surface area contributed by atoms with Gasteiger partial charge in [0, 0.05) is 4.91 Å². The van der Waals surface area contributed by atoms with Gasteiger partial charge in [0.15, 0.2) is 0 Å². The standard InChI is InChI=1S/C17H15N3O4/c1-23-17(22)15(24-16(21)13-10-6-3-7-11-13)14(19-20-18)12-8-4-2-5-9-12/h2-11,14-15H,1H3/t14-,15+/m0/s1. The van der Waals surface area contributed by atoms with Gasteiger partial charge in [0.1, 0.15) is 6.04 Å². The summed E-state index contributed by atoms with van der Waals surface area (Å²) in [5, 5.41) is 3.61. The number of esters is 2. The summed E-state index contributed by atoms with van der Waals surface area (Å²) in [6.45, 7) is 0. The molecule has 7 nitrogen and oxygen atoms in total. The fraction of sp³-hybridized carbons (Fsp3) is 0.176. The number of rotatable bonds is 6. The van der Waals surface area contributed by atoms with Crippen LogP contribution in [0.15, 0.2) is 65.8 Å². The van der Waals surface area contributed by atoms with Crippen molar-refractivity contribution in [3.8, 4) is 0 Å². The third-order valence-electron chi connectivity index (χ3n) is 3.28. The van der Waals surface area contributed by atoms with E-state index in [1.807, 2.05) is 0 Å². The normalized spacial score (nSPS) is 12.4. The predicted molar refractivity (Wildman–Crippen MR) is 86.0 cm³/mol. The molecule has 0 aliphatic heterocycles. The van der Waals surface area contributed by atoms with Crippen LogP contribution in [0.3, 0.4) is 0 Å². The molecule has 0 spiro atoms. The zero-order chi connectivity index (χ0) is 17.4. The first-order valence-corrected chi connectivity index (χ1v) is 7.10. The lowest BCUT2D eigenvalue weighted by molar-refractivity contribution is -0.152. The van der Waals surface area contributed by atoms with E-state index in [1.165, 1.54) is 7.11 Å². The molecule has 0 N–H and O–H groups in total. The van der Waals surface area contributed by atoms with Crippen molar-refractivity contribution in [2.24, 2.45) is 5.11 Å². The highest BCUT2D eigenvalue weighted by molar-refractivity contribution is 5.91. The molecule has 0 fully saturated rings. The first kappa shape index (κ1) is 17.1. The molecule has 0 saturated carbocycles. The number of azide groups is 1. The molecule has 7 heteroatoms. The van der Waals surface area contributed by atoms with Gasteiger partial charge in [0.25, 0.3) is 0 Å². The maximum absolute atomic E-state index is 12.3. The fourth-order valence-corrected chi connectivity index (χ4v) is 2.12. The van der Waals surface area contributed by atoms with E-state index in [-0.39, 0.29) is 5.56 Å². The molecule has 0 radical (unpaired) electrons. The Balaban J connectivity index is 2.34. The van der Waals surface area contributed by atoms with Crippen LogP contribution in [0.2, 0.25) is 0 Å². The average molecular weight is 325 g/mol. The minimum absolute atomic E-state index is 0.277. The lowest BCUT2D eigenvalue weighted by Gasteiger charge is -2.22. The predicted octanol–water partition coefficient (Wildman–Crippen LogP) is 3.44. The van der Waals surface area contributed by atoms with Gasteiger partial charge in [0.05, 0.1) is 12.7 Å². The molecule has 0 unspecified atom stereocenters. The molecule has 2 aromatic carbocycles. The highest BCUT2D eigenvalue weighted by Gasteiger charge is 2.34. The summed E-state index contributed by atoms with van der Waals surface area (Å²) >= 11 is 0. The van der Waals surface area contributed by atoms with Crippen LogP contribution in [0, 0.1) is 0 Å². The Morgan fingerprint density at radius 3 is 2.17 bits per heavy atom. The van der Waals surface area contributed by atoms with Crippen molar-refractivity contribution in [3.05, 3.63) is 82.2 Å². The van der Waals surface area contributed by atoms with E-state index < -0.39 is 24.1 Å². The summed E-state index contributed by atoms with van der Waals surface area (Å²) < 4.78 is 9.98. The average Bonchev–Trinajstić information content (AvgIpc) is 2.65. The number of methoxy groups -OCH3 is 1. The molecule has 0 aliphatic carbocycles. The van der Waals surface area contributed by atoms with Gasteiger partial charge in [-0.2, -0.15) is 0 Å². The molecule has 0 aliphatic rings. The van der Waals surface area contributed by atoms with E-state index in [4.69, 9.17) is 15.0 Å². The second-order valence-electron chi connectivity index (χ2n) is 4.78. The van der Waals surface area contributed by atoms with E-state index in [2.05, 4.69) is 10.0 Å². The first-order chi connectivity index (χ1) is 11.7. The summed E-state index contributed by atoms with van der Waals surface area (Å²) in [5.41, 5.74) is 9.63. The van der Waals surface area contributed by atoms with Crippen molar-refractivity contribution < 1.29 is 19.1 Å². The van der Waals surface area contributed by atoms with Gasteiger partial charge in [0.2, 0.25) is 6.10 Å². The molecule has 2 rings (SSSR count). The number of ether oxygens (including phenoxy) is 2. The Morgan fingerprint density at radius 2 is 1.62 bits per heavy atom. The van der Waals surface area contributed by atoms with Crippen LogP contribution in [0.4, 0.5) is 0 Å². The van der Waals surface area contributed by atoms with Gasteiger partial charge in [-0.3, -0.25) is 0 Å². The molecular weight excluding hydrogens is 310 g/mol. The molecule has 0 heterocycles. The van der Waals surface area contributed by atoms with Crippen LogP contribution < -0.4 is 0 Å². The zero-order valence-electron chi connectivity index (χ0n) is 12.9. The summed E-state index contributed by atoms with van der Waals surface area (Å²) in [6.07, 6.45) is -1.39. The minimum Gasteiger partial charge on any atom is -0.466 e. The van der Waals surface area contributed by atoms with Crippen LogP contribution >= 0.6 is 0 Å². The highest BCUT2D eigenvalue weighted by Crippen LogP contribution is 2.25. The van der Waals surface area contributed by atoms with Crippen molar-refractivity contribution in [2.75, 3.05) is 7.11 Å². The Labute approximate surface area is 138 Å². The number of carbonyl (C=O) groups excluding carboxylic acids is 2. The molecule has 2 aromatic rings. The topological polar surface area (TPSA) is 101 Å². The number of hydrogen-bond donors (Lipinski definition) is 0. The number of nitrogens with zero attached hydrogens (tertiary/aromatic N) is 3. The van der Waals surface area contributed by atoms with E-state index in [0.29, 0.717) is 5.56 Å². The van der Waals surface area contributed by atoms with E-state index in [9.17, 15) is 9.59 Å². The SMILES string of the molecule is COC(=O)[C@H](OC(=O)c1ccccc1)[C@@H](N=[N+]=[N-])c1ccccc1. The molecule has 122 valence electrons. The van der Waals surface area contributed by atoms with E-state index >= 15 is 0 Å². The third kappa shape index (κ3) is 4.12. The summed E-state index contributed by atoms with van der Waals surface area (Å²) in [4.78, 5) is 27.1. The van der Waals surface area contributed by atoms with E-state index in [1.54, 1.807) is 60.7 Å². The molecule has 24 heavy (non-hydrogen) atoms. The van der Waals surface area contributed by atoms with Crippen molar-refractivity contribution in [3.63, 3.8) is 0 Å². The van der Waals surface area contributed by atoms with Gasteiger partial charge in [-0.15, -0.1) is 0 Å². The third-order valence-corrected chi connectivity index (χ3v) is 3.28. The molecule has 0 bridgehead atoms. The maximum Gasteiger partial charge on any atom is 0.347 e. The maximum atomic E-state index is 12.3. The molecule has 0 amide bonds. The number of hydrogen-bond acceptors (Lipinski definition) is 5. The minimum atomic E-state index is -1.39. The van der Waals surface area contributed by atoms with Crippen LogP contribution in [-0.2, 0) is 14.3 Å². The largest absolute Gasteiger partial charge is 0.466 e. The molecular formula is C17H15N3O4. The molecule has 0 aromatic heterocycles. The van der Waals surface area contributed by atoms with Crippen LogP contribution in [0.1, 0.15) is 22.0 Å². The monoisotopic (exact) mass is 325 g/mol. The number of carbonyl (C=O) groups is 2. The summed E-state index contributed by atoms with van der Waals surface area (Å²) in [7, 11) is 1.17. The first-order valence-electron chi connectivity index (χ1n) is 7.10. The Hall–Kier alpha value is -3.31. The van der Waals surface area contributed by atoms with Crippen molar-refractivity contribution >= 4 is 11.9 Å².